The molecule has 1 aromatic rings. The van der Waals surface area contributed by atoms with Gasteiger partial charge in [0, 0.05) is 18.7 Å². The Kier molecular flexibility index (Phi) is 6.87. The molecule has 1 unspecified atom stereocenters. The van der Waals surface area contributed by atoms with Crippen LogP contribution in [0.15, 0.2) is 18.2 Å². The number of hydrogen-bond acceptors (Lipinski definition) is 4. The van der Waals surface area contributed by atoms with E-state index >= 15 is 0 Å². The van der Waals surface area contributed by atoms with Crippen LogP contribution in [0.3, 0.4) is 0 Å². The number of amides is 1. The highest BCUT2D eigenvalue weighted by atomic mass is 19.3. The fourth-order valence-corrected chi connectivity index (χ4v) is 1.77. The van der Waals surface area contributed by atoms with Crippen molar-refractivity contribution in [3.8, 4) is 11.5 Å². The van der Waals surface area contributed by atoms with Crippen molar-refractivity contribution in [2.45, 2.75) is 33.0 Å². The molecule has 0 fully saturated rings. The van der Waals surface area contributed by atoms with E-state index in [-0.39, 0.29) is 24.0 Å². The van der Waals surface area contributed by atoms with Crippen molar-refractivity contribution < 1.29 is 23.0 Å². The maximum absolute atomic E-state index is 12.5. The van der Waals surface area contributed by atoms with E-state index in [1.807, 2.05) is 6.92 Å². The molecular formula is C14H20F2N2O3. The molecule has 0 heterocycles. The van der Waals surface area contributed by atoms with Crippen LogP contribution in [0.1, 0.15) is 19.4 Å². The predicted octanol–water partition coefficient (Wildman–Crippen LogP) is 1.91. The van der Waals surface area contributed by atoms with Crippen molar-refractivity contribution in [2.24, 2.45) is 0 Å². The first-order chi connectivity index (χ1) is 9.99. The number of benzene rings is 1. The van der Waals surface area contributed by atoms with Gasteiger partial charge >= 0.3 is 6.61 Å². The van der Waals surface area contributed by atoms with E-state index < -0.39 is 12.7 Å². The number of carbonyl (C=O) groups excluding carboxylic acids is 1. The highest BCUT2D eigenvalue weighted by Crippen LogP contribution is 2.32. The molecule has 0 saturated carbocycles. The summed E-state index contributed by atoms with van der Waals surface area (Å²) in [5.74, 6) is 0.0441. The fraction of sp³-hybridized carbons (Fsp3) is 0.500. The molecule has 0 aliphatic heterocycles. The summed E-state index contributed by atoms with van der Waals surface area (Å²) < 4.78 is 34.5. The molecule has 1 aromatic carbocycles. The van der Waals surface area contributed by atoms with Crippen LogP contribution in [0, 0.1) is 0 Å². The Morgan fingerprint density at radius 2 is 2.10 bits per heavy atom. The van der Waals surface area contributed by atoms with Gasteiger partial charge in [-0.1, -0.05) is 12.1 Å². The smallest absolute Gasteiger partial charge is 0.387 e. The fourth-order valence-electron chi connectivity index (χ4n) is 1.77. The molecule has 1 rings (SSSR count). The molecule has 21 heavy (non-hydrogen) atoms. The van der Waals surface area contributed by atoms with Gasteiger partial charge in [0.1, 0.15) is 0 Å². The first kappa shape index (κ1) is 17.2. The highest BCUT2D eigenvalue weighted by Gasteiger charge is 2.17. The highest BCUT2D eigenvalue weighted by molar-refractivity contribution is 5.81. The van der Waals surface area contributed by atoms with Crippen molar-refractivity contribution in [1.82, 2.24) is 10.6 Å². The molecule has 0 spiro atoms. The van der Waals surface area contributed by atoms with Crippen LogP contribution in [0.5, 0.6) is 11.5 Å². The van der Waals surface area contributed by atoms with E-state index in [4.69, 9.17) is 4.74 Å². The Labute approximate surface area is 122 Å². The zero-order chi connectivity index (χ0) is 15.8. The molecule has 0 aliphatic carbocycles. The minimum atomic E-state index is -2.94. The monoisotopic (exact) mass is 302 g/mol. The van der Waals surface area contributed by atoms with Crippen LogP contribution in [0.2, 0.25) is 0 Å². The number of rotatable bonds is 8. The Hall–Kier alpha value is -1.89. The van der Waals surface area contributed by atoms with Crippen molar-refractivity contribution >= 4 is 5.91 Å². The summed E-state index contributed by atoms with van der Waals surface area (Å²) in [5.41, 5.74) is 0.491. The normalized spacial score (nSPS) is 12.1. The van der Waals surface area contributed by atoms with E-state index in [1.54, 1.807) is 19.1 Å². The first-order valence-corrected chi connectivity index (χ1v) is 6.61. The Morgan fingerprint density at radius 3 is 2.67 bits per heavy atom. The van der Waals surface area contributed by atoms with Gasteiger partial charge in [-0.3, -0.25) is 4.79 Å². The second kappa shape index (κ2) is 8.41. The third-order valence-electron chi connectivity index (χ3n) is 2.83. The molecule has 0 saturated heterocycles. The summed E-state index contributed by atoms with van der Waals surface area (Å²) in [4.78, 5) is 11.6. The van der Waals surface area contributed by atoms with Crippen molar-refractivity contribution in [3.05, 3.63) is 23.8 Å². The van der Waals surface area contributed by atoms with E-state index in [2.05, 4.69) is 15.4 Å². The van der Waals surface area contributed by atoms with Gasteiger partial charge in [0.05, 0.1) is 13.2 Å². The second-order valence-electron chi connectivity index (χ2n) is 4.32. The second-order valence-corrected chi connectivity index (χ2v) is 4.32. The molecule has 0 bridgehead atoms. The minimum Gasteiger partial charge on any atom is -0.493 e. The molecule has 118 valence electrons. The molecule has 1 amide bonds. The van der Waals surface area contributed by atoms with Crippen LogP contribution in [-0.4, -0.2) is 32.2 Å². The Morgan fingerprint density at radius 1 is 1.38 bits per heavy atom. The summed E-state index contributed by atoms with van der Waals surface area (Å²) in [5, 5.41) is 5.63. The van der Waals surface area contributed by atoms with Crippen LogP contribution < -0.4 is 20.1 Å². The number of nitrogens with one attached hydrogen (secondary N) is 2. The van der Waals surface area contributed by atoms with E-state index in [9.17, 15) is 13.6 Å². The van der Waals surface area contributed by atoms with Crippen LogP contribution in [0.25, 0.3) is 0 Å². The molecule has 0 aliphatic rings. The van der Waals surface area contributed by atoms with Gasteiger partial charge < -0.3 is 20.1 Å². The van der Waals surface area contributed by atoms with Crippen LogP contribution >= 0.6 is 0 Å². The van der Waals surface area contributed by atoms with Crippen molar-refractivity contribution in [3.63, 3.8) is 0 Å². The van der Waals surface area contributed by atoms with Gasteiger partial charge in [-0.2, -0.15) is 8.78 Å². The zero-order valence-electron chi connectivity index (χ0n) is 12.3. The van der Waals surface area contributed by atoms with Crippen LogP contribution in [-0.2, 0) is 11.3 Å². The van der Waals surface area contributed by atoms with Gasteiger partial charge in [0.15, 0.2) is 11.5 Å². The first-order valence-electron chi connectivity index (χ1n) is 6.61. The third-order valence-corrected chi connectivity index (χ3v) is 2.83. The summed E-state index contributed by atoms with van der Waals surface area (Å²) in [6.07, 6.45) is 0. The number of para-hydroxylation sites is 1. The molecular weight excluding hydrogens is 282 g/mol. The lowest BCUT2D eigenvalue weighted by molar-refractivity contribution is -0.122. The lowest BCUT2D eigenvalue weighted by Gasteiger charge is -2.17. The zero-order valence-corrected chi connectivity index (χ0v) is 12.3. The van der Waals surface area contributed by atoms with Crippen LogP contribution in [0.4, 0.5) is 8.78 Å². The Balaban J connectivity index is 2.80. The Bertz CT molecular complexity index is 470. The van der Waals surface area contributed by atoms with Gasteiger partial charge in [0.25, 0.3) is 0 Å². The topological polar surface area (TPSA) is 59.6 Å². The van der Waals surface area contributed by atoms with E-state index in [0.29, 0.717) is 12.1 Å². The summed E-state index contributed by atoms with van der Waals surface area (Å²) in [7, 11) is 1.38. The maximum Gasteiger partial charge on any atom is 0.387 e. The summed E-state index contributed by atoms with van der Waals surface area (Å²) >= 11 is 0. The largest absolute Gasteiger partial charge is 0.493 e. The lowest BCUT2D eigenvalue weighted by Crippen LogP contribution is -2.41. The van der Waals surface area contributed by atoms with E-state index in [1.165, 1.54) is 13.2 Å². The minimum absolute atomic E-state index is 0.0226. The number of halogens is 2. The van der Waals surface area contributed by atoms with Gasteiger partial charge in [-0.05, 0) is 19.9 Å². The van der Waals surface area contributed by atoms with Crippen molar-refractivity contribution in [1.29, 1.82) is 0 Å². The van der Waals surface area contributed by atoms with Gasteiger partial charge in [-0.15, -0.1) is 0 Å². The molecule has 5 nitrogen and oxygen atoms in total. The van der Waals surface area contributed by atoms with Crippen molar-refractivity contribution in [2.75, 3.05) is 13.7 Å². The third kappa shape index (κ3) is 5.18. The number of hydrogen-bond donors (Lipinski definition) is 2. The molecule has 2 N–H and O–H groups in total. The maximum atomic E-state index is 12.5. The number of ether oxygens (including phenoxy) is 2. The standard InChI is InChI=1S/C14H20F2N2O3/c1-4-17-13(19)9(2)18-8-10-6-5-7-11(20-3)12(10)21-14(15)16/h5-7,9,14,18H,4,8H2,1-3H3,(H,17,19). The molecule has 1 atom stereocenters. The average molecular weight is 302 g/mol. The summed E-state index contributed by atoms with van der Waals surface area (Å²) in [6.45, 7) is 1.31. The number of likely N-dealkylation sites (N-methyl/N-ethyl adjacent to an activating group) is 1. The molecule has 0 aromatic heterocycles. The number of methoxy groups -OCH3 is 1. The SMILES string of the molecule is CCNC(=O)C(C)NCc1cccc(OC)c1OC(F)F. The summed E-state index contributed by atoms with van der Waals surface area (Å²) in [6, 6.07) is 4.40. The van der Waals surface area contributed by atoms with Gasteiger partial charge in [0.2, 0.25) is 5.91 Å². The molecule has 7 heteroatoms. The molecule has 0 radical (unpaired) electrons. The van der Waals surface area contributed by atoms with Gasteiger partial charge in [-0.25, -0.2) is 0 Å². The average Bonchev–Trinajstić information content (AvgIpc) is 2.45. The quantitative estimate of drug-likeness (QED) is 0.770. The lowest BCUT2D eigenvalue weighted by atomic mass is 10.1. The number of carbonyl (C=O) groups is 1. The van der Waals surface area contributed by atoms with E-state index in [0.717, 1.165) is 0 Å². The predicted molar refractivity (Wildman–Crippen MR) is 74.6 cm³/mol. The number of alkyl halides is 2.